The zero-order valence-electron chi connectivity index (χ0n) is 12.4. The Morgan fingerprint density at radius 2 is 1.87 bits per heavy atom. The van der Waals surface area contributed by atoms with Gasteiger partial charge in [0, 0.05) is 18.8 Å². The molecule has 128 valence electrons. The third kappa shape index (κ3) is 3.64. The Labute approximate surface area is 146 Å². The largest absolute Gasteiger partial charge is 0.324 e. The van der Waals surface area contributed by atoms with Crippen molar-refractivity contribution in [1.82, 2.24) is 4.31 Å². The SMILES string of the molecule is Cl.NC1(C(=O)Nc2ccc(Cl)c(S(=O)(=O)N3CCCC3)c2)CC1. The maximum atomic E-state index is 12.6. The normalized spacial score (nSPS) is 19.9. The van der Waals surface area contributed by atoms with Crippen LogP contribution in [0.15, 0.2) is 23.1 Å². The van der Waals surface area contributed by atoms with Gasteiger partial charge in [-0.3, -0.25) is 4.79 Å². The van der Waals surface area contributed by atoms with E-state index >= 15 is 0 Å². The highest BCUT2D eigenvalue weighted by molar-refractivity contribution is 7.89. The quantitative estimate of drug-likeness (QED) is 0.836. The number of amides is 1. The van der Waals surface area contributed by atoms with Crippen molar-refractivity contribution in [2.24, 2.45) is 5.73 Å². The predicted molar refractivity (Wildman–Crippen MR) is 91.5 cm³/mol. The highest BCUT2D eigenvalue weighted by Crippen LogP contribution is 2.34. The van der Waals surface area contributed by atoms with Crippen LogP contribution in [0.5, 0.6) is 0 Å². The summed E-state index contributed by atoms with van der Waals surface area (Å²) in [6.45, 7) is 1.00. The van der Waals surface area contributed by atoms with Crippen molar-refractivity contribution in [3.63, 3.8) is 0 Å². The molecule has 0 atom stereocenters. The van der Waals surface area contributed by atoms with Gasteiger partial charge in [0.15, 0.2) is 0 Å². The second kappa shape index (κ2) is 6.57. The van der Waals surface area contributed by atoms with Crippen LogP contribution in [-0.2, 0) is 14.8 Å². The van der Waals surface area contributed by atoms with Gasteiger partial charge < -0.3 is 11.1 Å². The molecule has 0 bridgehead atoms. The van der Waals surface area contributed by atoms with Crippen molar-refractivity contribution in [2.75, 3.05) is 18.4 Å². The molecule has 6 nitrogen and oxygen atoms in total. The maximum absolute atomic E-state index is 12.6. The van der Waals surface area contributed by atoms with Crippen LogP contribution in [0.3, 0.4) is 0 Å². The lowest BCUT2D eigenvalue weighted by Crippen LogP contribution is -2.37. The molecule has 9 heteroatoms. The van der Waals surface area contributed by atoms with Crippen LogP contribution in [-0.4, -0.2) is 37.3 Å². The summed E-state index contributed by atoms with van der Waals surface area (Å²) >= 11 is 6.05. The summed E-state index contributed by atoms with van der Waals surface area (Å²) < 4.78 is 26.6. The topological polar surface area (TPSA) is 92.5 Å². The van der Waals surface area contributed by atoms with Crippen molar-refractivity contribution < 1.29 is 13.2 Å². The molecule has 0 radical (unpaired) electrons. The monoisotopic (exact) mass is 379 g/mol. The van der Waals surface area contributed by atoms with Gasteiger partial charge in [-0.05, 0) is 43.9 Å². The average Bonchev–Trinajstić information content (AvgIpc) is 3.02. The first-order chi connectivity index (χ1) is 10.3. The Bertz CT molecular complexity index is 714. The number of hydrogen-bond acceptors (Lipinski definition) is 4. The van der Waals surface area contributed by atoms with Crippen LogP contribution < -0.4 is 11.1 Å². The summed E-state index contributed by atoms with van der Waals surface area (Å²) in [7, 11) is -3.63. The van der Waals surface area contributed by atoms with Crippen LogP contribution in [0.25, 0.3) is 0 Å². The fourth-order valence-corrected chi connectivity index (χ4v) is 4.48. The molecule has 2 aliphatic rings. The molecule has 3 rings (SSSR count). The Kier molecular flexibility index (Phi) is 5.27. The van der Waals surface area contributed by atoms with Crippen LogP contribution in [0.1, 0.15) is 25.7 Å². The number of nitrogens with two attached hydrogens (primary N) is 1. The van der Waals surface area contributed by atoms with E-state index in [-0.39, 0.29) is 28.2 Å². The summed E-state index contributed by atoms with van der Waals surface area (Å²) in [5.41, 5.74) is 5.41. The number of rotatable bonds is 4. The minimum atomic E-state index is -3.63. The number of anilines is 1. The summed E-state index contributed by atoms with van der Waals surface area (Å²) in [5, 5.41) is 2.82. The molecule has 23 heavy (non-hydrogen) atoms. The number of carbonyl (C=O) groups excluding carboxylic acids is 1. The molecule has 0 spiro atoms. The van der Waals surface area contributed by atoms with E-state index in [1.807, 2.05) is 0 Å². The van der Waals surface area contributed by atoms with E-state index in [9.17, 15) is 13.2 Å². The molecule has 1 aromatic carbocycles. The van der Waals surface area contributed by atoms with Crippen LogP contribution in [0.2, 0.25) is 5.02 Å². The lowest BCUT2D eigenvalue weighted by atomic mass is 10.2. The zero-order chi connectivity index (χ0) is 16.0. The van der Waals surface area contributed by atoms with E-state index in [1.54, 1.807) is 6.07 Å². The molecule has 0 aromatic heterocycles. The third-order valence-corrected chi connectivity index (χ3v) is 6.49. The first kappa shape index (κ1) is 18.5. The van der Waals surface area contributed by atoms with Crippen molar-refractivity contribution >= 4 is 45.6 Å². The predicted octanol–water partition coefficient (Wildman–Crippen LogP) is 1.98. The van der Waals surface area contributed by atoms with Crippen molar-refractivity contribution in [2.45, 2.75) is 36.1 Å². The zero-order valence-corrected chi connectivity index (χ0v) is 14.8. The molecule has 3 N–H and O–H groups in total. The van der Waals surface area contributed by atoms with Crippen LogP contribution in [0.4, 0.5) is 5.69 Å². The molecule has 1 aliphatic heterocycles. The first-order valence-corrected chi connectivity index (χ1v) is 9.05. The van der Waals surface area contributed by atoms with Gasteiger partial charge >= 0.3 is 0 Å². The summed E-state index contributed by atoms with van der Waals surface area (Å²) in [4.78, 5) is 12.0. The van der Waals surface area contributed by atoms with Gasteiger partial charge in [0.1, 0.15) is 4.90 Å². The Morgan fingerprint density at radius 3 is 2.43 bits per heavy atom. The van der Waals surface area contributed by atoms with Gasteiger partial charge in [0.05, 0.1) is 10.6 Å². The number of benzene rings is 1. The van der Waals surface area contributed by atoms with Gasteiger partial charge in [-0.2, -0.15) is 4.31 Å². The number of sulfonamides is 1. The fourth-order valence-electron chi connectivity index (χ4n) is 2.46. The van der Waals surface area contributed by atoms with Gasteiger partial charge in [-0.15, -0.1) is 12.4 Å². The second-order valence-electron chi connectivity index (χ2n) is 5.87. The lowest BCUT2D eigenvalue weighted by Gasteiger charge is -2.17. The van der Waals surface area contributed by atoms with E-state index in [2.05, 4.69) is 5.32 Å². The molecule has 1 saturated carbocycles. The van der Waals surface area contributed by atoms with E-state index in [0.29, 0.717) is 31.6 Å². The number of halogens is 2. The van der Waals surface area contributed by atoms with Crippen LogP contribution >= 0.6 is 24.0 Å². The molecule has 1 aromatic rings. The molecule has 2 fully saturated rings. The third-order valence-electron chi connectivity index (χ3n) is 4.11. The lowest BCUT2D eigenvalue weighted by molar-refractivity contribution is -0.118. The molecule has 0 unspecified atom stereocenters. The molecule has 1 heterocycles. The summed E-state index contributed by atoms with van der Waals surface area (Å²) in [5.74, 6) is -0.292. The van der Waals surface area contributed by atoms with E-state index in [4.69, 9.17) is 17.3 Å². The smallest absolute Gasteiger partial charge is 0.244 e. The first-order valence-electron chi connectivity index (χ1n) is 7.23. The molecule has 1 amide bonds. The van der Waals surface area contributed by atoms with Crippen LogP contribution in [0, 0.1) is 0 Å². The highest BCUT2D eigenvalue weighted by Gasteiger charge is 2.46. The standard InChI is InChI=1S/C14H18ClN3O3S.ClH/c15-11-4-3-10(17-13(19)14(16)5-6-14)9-12(11)22(20,21)18-7-1-2-8-18;/h3-4,9H,1-2,5-8,16H2,(H,17,19);1H. The van der Waals surface area contributed by atoms with E-state index < -0.39 is 15.6 Å². The number of nitrogens with one attached hydrogen (secondary N) is 1. The minimum absolute atomic E-state index is 0. The van der Waals surface area contributed by atoms with Gasteiger partial charge in [0.25, 0.3) is 0 Å². The molecule has 1 aliphatic carbocycles. The van der Waals surface area contributed by atoms with Crippen molar-refractivity contribution in [3.05, 3.63) is 23.2 Å². The van der Waals surface area contributed by atoms with Gasteiger partial charge in [-0.1, -0.05) is 11.6 Å². The molecule has 1 saturated heterocycles. The molecular weight excluding hydrogens is 361 g/mol. The Balaban J connectivity index is 0.00000192. The second-order valence-corrected chi connectivity index (χ2v) is 8.18. The van der Waals surface area contributed by atoms with Crippen molar-refractivity contribution in [3.8, 4) is 0 Å². The fraction of sp³-hybridized carbons (Fsp3) is 0.500. The van der Waals surface area contributed by atoms with Crippen molar-refractivity contribution in [1.29, 1.82) is 0 Å². The van der Waals surface area contributed by atoms with E-state index in [1.165, 1.54) is 16.4 Å². The van der Waals surface area contributed by atoms with Gasteiger partial charge in [-0.25, -0.2) is 8.42 Å². The number of nitrogens with zero attached hydrogens (tertiary/aromatic N) is 1. The summed E-state index contributed by atoms with van der Waals surface area (Å²) in [6, 6.07) is 4.46. The Morgan fingerprint density at radius 1 is 1.26 bits per heavy atom. The van der Waals surface area contributed by atoms with E-state index in [0.717, 1.165) is 12.8 Å². The minimum Gasteiger partial charge on any atom is -0.324 e. The Hall–Kier alpha value is -0.860. The number of carbonyl (C=O) groups is 1. The average molecular weight is 380 g/mol. The number of hydrogen-bond donors (Lipinski definition) is 2. The maximum Gasteiger partial charge on any atom is 0.244 e. The van der Waals surface area contributed by atoms with Gasteiger partial charge in [0.2, 0.25) is 15.9 Å². The summed E-state index contributed by atoms with van der Waals surface area (Å²) in [6.07, 6.45) is 2.99. The highest BCUT2D eigenvalue weighted by atomic mass is 35.5. The molecular formula is C14H19Cl2N3O3S.